The molecular weight excluding hydrogens is 190 g/mol. The summed E-state index contributed by atoms with van der Waals surface area (Å²) in [5.41, 5.74) is 2.40. The van der Waals surface area contributed by atoms with Gasteiger partial charge in [-0.2, -0.15) is 0 Å². The molecule has 82 valence electrons. The van der Waals surface area contributed by atoms with Crippen LogP contribution in [-0.4, -0.2) is 20.3 Å². The SMILES string of the molecule is CNCc1ccc2c(c1OC)OC(C)C2. The van der Waals surface area contributed by atoms with Crippen LogP contribution < -0.4 is 14.8 Å². The van der Waals surface area contributed by atoms with E-state index in [-0.39, 0.29) is 6.10 Å². The fourth-order valence-corrected chi connectivity index (χ4v) is 2.04. The van der Waals surface area contributed by atoms with Gasteiger partial charge in [-0.1, -0.05) is 12.1 Å². The standard InChI is InChI=1S/C12H17NO2/c1-8-6-9-4-5-10(7-13-2)11(14-3)12(9)15-8/h4-5,8,13H,6-7H2,1-3H3. The lowest BCUT2D eigenvalue weighted by Gasteiger charge is -2.12. The second-order valence-corrected chi connectivity index (χ2v) is 3.91. The van der Waals surface area contributed by atoms with Crippen molar-refractivity contribution in [3.8, 4) is 11.5 Å². The van der Waals surface area contributed by atoms with Gasteiger partial charge in [-0.3, -0.25) is 0 Å². The van der Waals surface area contributed by atoms with E-state index in [2.05, 4.69) is 24.4 Å². The molecule has 3 heteroatoms. The van der Waals surface area contributed by atoms with Crippen molar-refractivity contribution in [2.45, 2.75) is 26.0 Å². The number of rotatable bonds is 3. The van der Waals surface area contributed by atoms with Crippen molar-refractivity contribution < 1.29 is 9.47 Å². The first-order valence-electron chi connectivity index (χ1n) is 5.26. The zero-order chi connectivity index (χ0) is 10.8. The van der Waals surface area contributed by atoms with Gasteiger partial charge in [0.25, 0.3) is 0 Å². The van der Waals surface area contributed by atoms with Crippen molar-refractivity contribution in [1.29, 1.82) is 0 Å². The summed E-state index contributed by atoms with van der Waals surface area (Å²) in [6, 6.07) is 4.24. The first kappa shape index (κ1) is 10.3. The molecule has 2 rings (SSSR count). The molecule has 0 aliphatic carbocycles. The fourth-order valence-electron chi connectivity index (χ4n) is 2.04. The number of ether oxygens (including phenoxy) is 2. The predicted octanol–water partition coefficient (Wildman–Crippen LogP) is 1.74. The highest BCUT2D eigenvalue weighted by Gasteiger charge is 2.24. The Hall–Kier alpha value is -1.22. The third kappa shape index (κ3) is 1.79. The van der Waals surface area contributed by atoms with Crippen molar-refractivity contribution >= 4 is 0 Å². The maximum atomic E-state index is 5.76. The zero-order valence-corrected chi connectivity index (χ0v) is 9.46. The summed E-state index contributed by atoms with van der Waals surface area (Å²) < 4.78 is 11.2. The molecule has 1 unspecified atom stereocenters. The Labute approximate surface area is 90.4 Å². The van der Waals surface area contributed by atoms with Crippen molar-refractivity contribution in [1.82, 2.24) is 5.32 Å². The van der Waals surface area contributed by atoms with Gasteiger partial charge in [0.05, 0.1) is 7.11 Å². The molecule has 0 bridgehead atoms. The van der Waals surface area contributed by atoms with Crippen LogP contribution in [0.2, 0.25) is 0 Å². The number of hydrogen-bond donors (Lipinski definition) is 1. The van der Waals surface area contributed by atoms with E-state index in [1.165, 1.54) is 5.56 Å². The van der Waals surface area contributed by atoms with Crippen molar-refractivity contribution in [3.63, 3.8) is 0 Å². The molecular formula is C12H17NO2. The molecule has 1 aliphatic rings. The highest BCUT2D eigenvalue weighted by atomic mass is 16.5. The van der Waals surface area contributed by atoms with Gasteiger partial charge in [0, 0.05) is 24.1 Å². The summed E-state index contributed by atoms with van der Waals surface area (Å²) in [6.07, 6.45) is 1.24. The van der Waals surface area contributed by atoms with Crippen LogP contribution in [0.4, 0.5) is 0 Å². The van der Waals surface area contributed by atoms with Crippen molar-refractivity contribution in [3.05, 3.63) is 23.3 Å². The lowest BCUT2D eigenvalue weighted by atomic mass is 10.1. The Kier molecular flexibility index (Phi) is 2.82. The van der Waals surface area contributed by atoms with Gasteiger partial charge >= 0.3 is 0 Å². The van der Waals surface area contributed by atoms with Gasteiger partial charge in [0.1, 0.15) is 6.10 Å². The maximum absolute atomic E-state index is 5.76. The summed E-state index contributed by atoms with van der Waals surface area (Å²) in [5, 5.41) is 3.13. The molecule has 0 saturated carbocycles. The van der Waals surface area contributed by atoms with E-state index in [1.807, 2.05) is 7.05 Å². The van der Waals surface area contributed by atoms with E-state index in [1.54, 1.807) is 7.11 Å². The Balaban J connectivity index is 2.41. The van der Waals surface area contributed by atoms with Gasteiger partial charge in [-0.25, -0.2) is 0 Å². The predicted molar refractivity (Wildman–Crippen MR) is 59.6 cm³/mol. The largest absolute Gasteiger partial charge is 0.493 e. The normalized spacial score (nSPS) is 18.5. The molecule has 15 heavy (non-hydrogen) atoms. The molecule has 0 saturated heterocycles. The van der Waals surface area contributed by atoms with Gasteiger partial charge in [-0.15, -0.1) is 0 Å². The molecule has 1 atom stereocenters. The topological polar surface area (TPSA) is 30.5 Å². The van der Waals surface area contributed by atoms with Crippen LogP contribution in [0.15, 0.2) is 12.1 Å². The number of hydrogen-bond acceptors (Lipinski definition) is 3. The van der Waals surface area contributed by atoms with Gasteiger partial charge in [0.15, 0.2) is 11.5 Å². The first-order chi connectivity index (χ1) is 7.26. The number of fused-ring (bicyclic) bond motifs is 1. The quantitative estimate of drug-likeness (QED) is 0.819. The van der Waals surface area contributed by atoms with Crippen LogP contribution in [0.5, 0.6) is 11.5 Å². The van der Waals surface area contributed by atoms with Crippen LogP contribution in [0.1, 0.15) is 18.1 Å². The molecule has 0 spiro atoms. The van der Waals surface area contributed by atoms with Crippen molar-refractivity contribution in [2.75, 3.05) is 14.2 Å². The minimum absolute atomic E-state index is 0.263. The van der Waals surface area contributed by atoms with E-state index in [4.69, 9.17) is 9.47 Å². The Morgan fingerprint density at radius 3 is 3.00 bits per heavy atom. The molecule has 0 aromatic heterocycles. The molecule has 0 radical (unpaired) electrons. The highest BCUT2D eigenvalue weighted by Crippen LogP contribution is 2.40. The summed E-state index contributed by atoms with van der Waals surface area (Å²) in [6.45, 7) is 2.88. The number of nitrogens with one attached hydrogen (secondary N) is 1. The molecule has 0 fully saturated rings. The lowest BCUT2D eigenvalue weighted by Crippen LogP contribution is -2.08. The van der Waals surface area contributed by atoms with Gasteiger partial charge in [0.2, 0.25) is 0 Å². The minimum atomic E-state index is 0.263. The average molecular weight is 207 g/mol. The summed E-state index contributed by atoms with van der Waals surface area (Å²) in [7, 11) is 3.62. The van der Waals surface area contributed by atoms with Crippen LogP contribution in [-0.2, 0) is 13.0 Å². The minimum Gasteiger partial charge on any atom is -0.493 e. The monoisotopic (exact) mass is 207 g/mol. The van der Waals surface area contributed by atoms with E-state index in [0.29, 0.717) is 0 Å². The molecule has 1 aliphatic heterocycles. The van der Waals surface area contributed by atoms with E-state index >= 15 is 0 Å². The Morgan fingerprint density at radius 1 is 1.53 bits per heavy atom. The summed E-state index contributed by atoms with van der Waals surface area (Å²) >= 11 is 0. The summed E-state index contributed by atoms with van der Waals surface area (Å²) in [4.78, 5) is 0. The second-order valence-electron chi connectivity index (χ2n) is 3.91. The van der Waals surface area contributed by atoms with Gasteiger partial charge < -0.3 is 14.8 Å². The third-order valence-corrected chi connectivity index (χ3v) is 2.67. The van der Waals surface area contributed by atoms with Crippen molar-refractivity contribution in [2.24, 2.45) is 0 Å². The third-order valence-electron chi connectivity index (χ3n) is 2.67. The van der Waals surface area contributed by atoms with E-state index in [0.717, 1.165) is 30.0 Å². The van der Waals surface area contributed by atoms with Gasteiger partial charge in [-0.05, 0) is 14.0 Å². The van der Waals surface area contributed by atoms with E-state index in [9.17, 15) is 0 Å². The maximum Gasteiger partial charge on any atom is 0.165 e. The lowest BCUT2D eigenvalue weighted by molar-refractivity contribution is 0.242. The number of benzene rings is 1. The Bertz CT molecular complexity index is 363. The Morgan fingerprint density at radius 2 is 2.33 bits per heavy atom. The molecule has 1 heterocycles. The van der Waals surface area contributed by atoms with Crippen LogP contribution in [0.3, 0.4) is 0 Å². The molecule has 1 aromatic carbocycles. The van der Waals surface area contributed by atoms with Crippen LogP contribution >= 0.6 is 0 Å². The molecule has 1 aromatic rings. The number of methoxy groups -OCH3 is 1. The summed E-state index contributed by atoms with van der Waals surface area (Å²) in [5.74, 6) is 1.81. The second kappa shape index (κ2) is 4.11. The molecule has 0 amide bonds. The first-order valence-corrected chi connectivity index (χ1v) is 5.26. The van der Waals surface area contributed by atoms with Crippen LogP contribution in [0.25, 0.3) is 0 Å². The highest BCUT2D eigenvalue weighted by molar-refractivity contribution is 5.54. The zero-order valence-electron chi connectivity index (χ0n) is 9.46. The fraction of sp³-hybridized carbons (Fsp3) is 0.500. The molecule has 1 N–H and O–H groups in total. The average Bonchev–Trinajstić information content (AvgIpc) is 2.58. The smallest absolute Gasteiger partial charge is 0.165 e. The molecule has 3 nitrogen and oxygen atoms in total. The van der Waals surface area contributed by atoms with Crippen LogP contribution in [0, 0.1) is 0 Å². The van der Waals surface area contributed by atoms with E-state index < -0.39 is 0 Å².